The average molecular weight is 570 g/mol. The van der Waals surface area contributed by atoms with Crippen molar-refractivity contribution in [3.63, 3.8) is 0 Å². The van der Waals surface area contributed by atoms with Gasteiger partial charge < -0.3 is 11.1 Å². The van der Waals surface area contributed by atoms with Gasteiger partial charge in [0.25, 0.3) is 0 Å². The molecule has 0 fully saturated rings. The van der Waals surface area contributed by atoms with Crippen LogP contribution in [0.25, 0.3) is 0 Å². The Morgan fingerprint density at radius 3 is 1.64 bits per heavy atom. The van der Waals surface area contributed by atoms with Crippen LogP contribution in [0.4, 0.5) is 20.2 Å². The zero-order valence-electron chi connectivity index (χ0n) is 16.3. The highest BCUT2D eigenvalue weighted by Gasteiger charge is 2.15. The minimum atomic E-state index is -4.16. The van der Waals surface area contributed by atoms with Gasteiger partial charge in [0.2, 0.25) is 31.2 Å². The van der Waals surface area contributed by atoms with Crippen LogP contribution in [0.2, 0.25) is 0 Å². The highest BCUT2D eigenvalue weighted by atomic mass is 35.5. The van der Waals surface area contributed by atoms with Gasteiger partial charge in [-0.2, -0.15) is 0 Å². The molecule has 0 aromatic heterocycles. The number of nitrogens with two attached hydrogens (primary N) is 3. The van der Waals surface area contributed by atoms with Gasteiger partial charge in [-0.3, -0.25) is 9.59 Å². The first-order valence-corrected chi connectivity index (χ1v) is 12.6. The van der Waals surface area contributed by atoms with E-state index < -0.39 is 52.6 Å². The van der Waals surface area contributed by atoms with Crippen LogP contribution >= 0.6 is 34.8 Å². The molecule has 10 nitrogen and oxygen atoms in total. The molecule has 2 aromatic rings. The lowest BCUT2D eigenvalue weighted by Gasteiger charge is -2.05. The third kappa shape index (κ3) is 12.1. The first kappa shape index (κ1) is 30.9. The Morgan fingerprint density at radius 2 is 1.27 bits per heavy atom. The SMILES string of the molecule is NS(=O)(=O)c1cc(NC(=O)CCl)ccc1F.Nc1ccc(F)c(S(N)(=O)=O)c1.O=C(Cl)CCl. The molecule has 33 heavy (non-hydrogen) atoms. The molecule has 2 rings (SSSR count). The van der Waals surface area contributed by atoms with Crippen LogP contribution in [0, 0.1) is 11.6 Å². The molecule has 2 aromatic carbocycles. The van der Waals surface area contributed by atoms with Gasteiger partial charge in [-0.15, -0.1) is 23.2 Å². The third-order valence-corrected chi connectivity index (χ3v) is 5.62. The van der Waals surface area contributed by atoms with Gasteiger partial charge in [0.05, 0.1) is 5.88 Å². The molecule has 0 aliphatic heterocycles. The average Bonchev–Trinajstić information content (AvgIpc) is 2.70. The molecule has 0 aliphatic carbocycles. The predicted octanol–water partition coefficient (Wildman–Crippen LogP) is 1.70. The molecule has 0 bridgehead atoms. The summed E-state index contributed by atoms with van der Waals surface area (Å²) in [5, 5.41) is 11.3. The van der Waals surface area contributed by atoms with Gasteiger partial charge in [0, 0.05) is 11.4 Å². The first-order chi connectivity index (χ1) is 15.0. The van der Waals surface area contributed by atoms with Crippen molar-refractivity contribution in [3.05, 3.63) is 48.0 Å². The van der Waals surface area contributed by atoms with Crippen LogP contribution in [-0.2, 0) is 29.6 Å². The molecule has 0 radical (unpaired) electrons. The van der Waals surface area contributed by atoms with Gasteiger partial charge >= 0.3 is 0 Å². The van der Waals surface area contributed by atoms with Gasteiger partial charge in [0.15, 0.2) is 0 Å². The molecule has 0 unspecified atom stereocenters. The number of primary sulfonamides is 2. The number of rotatable bonds is 5. The maximum Gasteiger partial charge on any atom is 0.241 e. The molecule has 17 heteroatoms. The smallest absolute Gasteiger partial charge is 0.241 e. The zero-order chi connectivity index (χ0) is 26.0. The predicted molar refractivity (Wildman–Crippen MR) is 121 cm³/mol. The molecule has 184 valence electrons. The lowest BCUT2D eigenvalue weighted by molar-refractivity contribution is -0.114. The van der Waals surface area contributed by atoms with Crippen LogP contribution < -0.4 is 21.3 Å². The fourth-order valence-corrected chi connectivity index (χ4v) is 3.07. The number of carbonyl (C=O) groups excluding carboxylic acids is 2. The van der Waals surface area contributed by atoms with Crippen LogP contribution in [0.1, 0.15) is 0 Å². The molecule has 7 N–H and O–H groups in total. The van der Waals surface area contributed by atoms with E-state index in [1.54, 1.807) is 0 Å². The van der Waals surface area contributed by atoms with Crippen molar-refractivity contribution < 1.29 is 35.2 Å². The number of carbonyl (C=O) groups is 2. The molecule has 1 amide bonds. The number of halogens is 5. The summed E-state index contributed by atoms with van der Waals surface area (Å²) in [6.45, 7) is 0. The Kier molecular flexibility index (Phi) is 12.7. The van der Waals surface area contributed by atoms with Crippen molar-refractivity contribution in [1.29, 1.82) is 0 Å². The van der Waals surface area contributed by atoms with Crippen molar-refractivity contribution >= 4 is 77.4 Å². The first-order valence-electron chi connectivity index (χ1n) is 8.03. The van der Waals surface area contributed by atoms with E-state index in [0.717, 1.165) is 24.3 Å². The number of hydrogen-bond acceptors (Lipinski definition) is 7. The minimum absolute atomic E-state index is 0.0957. The summed E-state index contributed by atoms with van der Waals surface area (Å²) in [5.41, 5.74) is 5.50. The number of nitrogens with one attached hydrogen (secondary N) is 1. The molecule has 0 spiro atoms. The fraction of sp³-hybridized carbons (Fsp3) is 0.125. The summed E-state index contributed by atoms with van der Waals surface area (Å²) < 4.78 is 69.1. The van der Waals surface area contributed by atoms with E-state index in [-0.39, 0.29) is 23.1 Å². The number of benzene rings is 2. The normalized spacial score (nSPS) is 10.8. The molecule has 0 saturated heterocycles. The van der Waals surface area contributed by atoms with Crippen molar-refractivity contribution in [1.82, 2.24) is 0 Å². The Morgan fingerprint density at radius 1 is 0.848 bits per heavy atom. The summed E-state index contributed by atoms with van der Waals surface area (Å²) in [6, 6.07) is 6.21. The summed E-state index contributed by atoms with van der Waals surface area (Å²) in [4.78, 5) is 19.1. The third-order valence-electron chi connectivity index (χ3n) is 3.01. The summed E-state index contributed by atoms with van der Waals surface area (Å²) in [7, 11) is -8.17. The quantitative estimate of drug-likeness (QED) is 0.239. The van der Waals surface area contributed by atoms with E-state index >= 15 is 0 Å². The van der Waals surface area contributed by atoms with E-state index in [1.807, 2.05) is 0 Å². The second kappa shape index (κ2) is 13.6. The Balaban J connectivity index is 0.000000530. The van der Waals surface area contributed by atoms with Crippen molar-refractivity contribution in [2.45, 2.75) is 9.79 Å². The number of hydrogen-bond donors (Lipinski definition) is 4. The van der Waals surface area contributed by atoms with E-state index in [9.17, 15) is 35.2 Å². The zero-order valence-corrected chi connectivity index (χ0v) is 20.2. The standard InChI is InChI=1S/C8H8ClFN2O3S.C6H7FN2O2S.C2H2Cl2O/c9-4-8(13)12-5-1-2-6(10)7(3-5)16(11,14)15;7-5-2-1-4(8)3-6(5)12(9,10)11;3-1-2(4)5/h1-3H,4H2,(H,12,13)(H2,11,14,15);1-3H,8H2,(H2,9,10,11);1H2. The second-order valence-corrected chi connectivity index (χ2v) is 9.61. The maximum atomic E-state index is 13.1. The summed E-state index contributed by atoms with van der Waals surface area (Å²) >= 11 is 14.8. The number of alkyl halides is 2. The van der Waals surface area contributed by atoms with E-state index in [0.29, 0.717) is 0 Å². The number of amides is 1. The highest BCUT2D eigenvalue weighted by Crippen LogP contribution is 2.18. The van der Waals surface area contributed by atoms with E-state index in [1.165, 1.54) is 12.1 Å². The van der Waals surface area contributed by atoms with Crippen LogP contribution in [0.3, 0.4) is 0 Å². The second-order valence-electron chi connectivity index (χ2n) is 5.60. The summed E-state index contributed by atoms with van der Waals surface area (Å²) in [5.74, 6) is -2.80. The Bertz CT molecular complexity index is 1210. The van der Waals surface area contributed by atoms with Crippen LogP contribution in [0.15, 0.2) is 46.2 Å². The molecule has 0 aliphatic rings. The largest absolute Gasteiger partial charge is 0.399 e. The van der Waals surface area contributed by atoms with Crippen molar-refractivity contribution in [2.75, 3.05) is 22.8 Å². The molecular formula is C16H17Cl3F2N4O6S2. The van der Waals surface area contributed by atoms with Crippen molar-refractivity contribution in [3.8, 4) is 0 Å². The van der Waals surface area contributed by atoms with Crippen LogP contribution in [-0.4, -0.2) is 39.7 Å². The minimum Gasteiger partial charge on any atom is -0.399 e. The number of nitrogen functional groups attached to an aromatic ring is 1. The van der Waals surface area contributed by atoms with Gasteiger partial charge in [-0.1, -0.05) is 0 Å². The van der Waals surface area contributed by atoms with Crippen molar-refractivity contribution in [2.24, 2.45) is 10.3 Å². The number of anilines is 2. The molecule has 0 saturated carbocycles. The topological polar surface area (TPSA) is 193 Å². The monoisotopic (exact) mass is 568 g/mol. The van der Waals surface area contributed by atoms with Gasteiger partial charge in [0.1, 0.15) is 27.3 Å². The molecule has 0 atom stereocenters. The van der Waals surface area contributed by atoms with Crippen LogP contribution in [0.5, 0.6) is 0 Å². The lowest BCUT2D eigenvalue weighted by Crippen LogP contribution is -2.16. The van der Waals surface area contributed by atoms with Gasteiger partial charge in [-0.05, 0) is 48.0 Å². The molecular weight excluding hydrogens is 553 g/mol. The molecule has 0 heterocycles. The fourth-order valence-electron chi connectivity index (χ4n) is 1.73. The van der Waals surface area contributed by atoms with E-state index in [4.69, 9.17) is 50.8 Å². The lowest BCUT2D eigenvalue weighted by atomic mass is 10.3. The Labute approximate surface area is 203 Å². The summed E-state index contributed by atoms with van der Waals surface area (Å²) in [6.07, 6.45) is 0. The highest BCUT2D eigenvalue weighted by molar-refractivity contribution is 7.89. The van der Waals surface area contributed by atoms with E-state index in [2.05, 4.69) is 5.32 Å². The Hall–Kier alpha value is -2.07. The number of sulfonamides is 2. The maximum absolute atomic E-state index is 13.1. The van der Waals surface area contributed by atoms with Gasteiger partial charge in [-0.25, -0.2) is 35.9 Å².